The molecule has 0 radical (unpaired) electrons. The van der Waals surface area contributed by atoms with Gasteiger partial charge >= 0.3 is 0 Å². The minimum atomic E-state index is 0.493. The lowest BCUT2D eigenvalue weighted by Crippen LogP contribution is -2.02. The van der Waals surface area contributed by atoms with Crippen LogP contribution in [0.5, 0.6) is 0 Å². The highest BCUT2D eigenvalue weighted by Crippen LogP contribution is 2.35. The third-order valence-electron chi connectivity index (χ3n) is 5.63. The number of hydrogen-bond acceptors (Lipinski definition) is 0. The summed E-state index contributed by atoms with van der Waals surface area (Å²) in [5.41, 5.74) is 6.67. The van der Waals surface area contributed by atoms with E-state index >= 15 is 0 Å². The van der Waals surface area contributed by atoms with E-state index in [1.807, 2.05) is 0 Å². The van der Waals surface area contributed by atoms with Gasteiger partial charge in [0.25, 0.3) is 0 Å². The van der Waals surface area contributed by atoms with Crippen molar-refractivity contribution in [2.45, 2.75) is 46.1 Å². The van der Waals surface area contributed by atoms with Gasteiger partial charge in [0.1, 0.15) is 0 Å². The van der Waals surface area contributed by atoms with Crippen LogP contribution in [0.2, 0.25) is 0 Å². The average Bonchev–Trinajstić information content (AvgIpc) is 3.01. The summed E-state index contributed by atoms with van der Waals surface area (Å²) in [4.78, 5) is 0. The standard InChI is InChI=1S/C25H27N/c1-5-18(4)26-24-12-7-6-11-22(24)23-16-21(13-14-25(23)26)20-10-8-9-19(15-20)17(2)3/h6-18H,5H2,1-4H3. The van der Waals surface area contributed by atoms with Crippen LogP contribution in [-0.2, 0) is 0 Å². The lowest BCUT2D eigenvalue weighted by molar-refractivity contribution is 0.563. The second-order valence-corrected chi connectivity index (χ2v) is 7.66. The summed E-state index contributed by atoms with van der Waals surface area (Å²) in [6.07, 6.45) is 1.13. The largest absolute Gasteiger partial charge is 0.338 e. The van der Waals surface area contributed by atoms with Gasteiger partial charge in [-0.3, -0.25) is 0 Å². The second-order valence-electron chi connectivity index (χ2n) is 7.66. The van der Waals surface area contributed by atoms with Gasteiger partial charge in [0.05, 0.1) is 0 Å². The monoisotopic (exact) mass is 341 g/mol. The van der Waals surface area contributed by atoms with Crippen molar-refractivity contribution >= 4 is 21.8 Å². The average molecular weight is 341 g/mol. The van der Waals surface area contributed by atoms with Gasteiger partial charge in [-0.15, -0.1) is 0 Å². The first-order valence-corrected chi connectivity index (χ1v) is 9.73. The summed E-state index contributed by atoms with van der Waals surface area (Å²) < 4.78 is 2.50. The van der Waals surface area contributed by atoms with Crippen molar-refractivity contribution < 1.29 is 0 Å². The molecular formula is C25H27N. The smallest absolute Gasteiger partial charge is 0.0494 e. The Bertz CT molecular complexity index is 1070. The number of nitrogens with zero attached hydrogens (tertiary/aromatic N) is 1. The fourth-order valence-corrected chi connectivity index (χ4v) is 3.92. The first-order chi connectivity index (χ1) is 12.6. The third kappa shape index (κ3) is 2.72. The van der Waals surface area contributed by atoms with Crippen molar-refractivity contribution in [3.63, 3.8) is 0 Å². The van der Waals surface area contributed by atoms with Crippen LogP contribution < -0.4 is 0 Å². The molecular weight excluding hydrogens is 314 g/mol. The number of fused-ring (bicyclic) bond motifs is 3. The highest BCUT2D eigenvalue weighted by molar-refractivity contribution is 6.09. The molecule has 0 spiro atoms. The van der Waals surface area contributed by atoms with E-state index in [-0.39, 0.29) is 0 Å². The maximum atomic E-state index is 2.50. The molecule has 0 amide bonds. The molecule has 1 heterocycles. The molecule has 1 aromatic heterocycles. The van der Waals surface area contributed by atoms with E-state index in [4.69, 9.17) is 0 Å². The van der Waals surface area contributed by atoms with E-state index in [9.17, 15) is 0 Å². The Morgan fingerprint density at radius 3 is 2.23 bits per heavy atom. The summed E-state index contributed by atoms with van der Waals surface area (Å²) in [7, 11) is 0. The normalized spacial score (nSPS) is 13.0. The van der Waals surface area contributed by atoms with Crippen molar-refractivity contribution in [1.82, 2.24) is 4.57 Å². The Labute approximate surface area is 156 Å². The maximum absolute atomic E-state index is 2.50. The van der Waals surface area contributed by atoms with Crippen molar-refractivity contribution in [2.75, 3.05) is 0 Å². The van der Waals surface area contributed by atoms with E-state index in [1.165, 1.54) is 38.5 Å². The summed E-state index contributed by atoms with van der Waals surface area (Å²) in [5.74, 6) is 0.547. The molecule has 26 heavy (non-hydrogen) atoms. The fourth-order valence-electron chi connectivity index (χ4n) is 3.92. The van der Waals surface area contributed by atoms with E-state index < -0.39 is 0 Å². The van der Waals surface area contributed by atoms with E-state index in [0.29, 0.717) is 12.0 Å². The van der Waals surface area contributed by atoms with Crippen LogP contribution in [0.4, 0.5) is 0 Å². The van der Waals surface area contributed by atoms with Crippen LogP contribution in [0.25, 0.3) is 32.9 Å². The van der Waals surface area contributed by atoms with Gasteiger partial charge in [-0.2, -0.15) is 0 Å². The number of rotatable bonds is 4. The van der Waals surface area contributed by atoms with Crippen molar-refractivity contribution in [1.29, 1.82) is 0 Å². The molecule has 0 aliphatic carbocycles. The maximum Gasteiger partial charge on any atom is 0.0494 e. The molecule has 1 atom stereocenters. The van der Waals surface area contributed by atoms with Crippen LogP contribution in [0.15, 0.2) is 66.7 Å². The van der Waals surface area contributed by atoms with Gasteiger partial charge in [0, 0.05) is 27.8 Å². The zero-order valence-electron chi connectivity index (χ0n) is 16.2. The minimum Gasteiger partial charge on any atom is -0.338 e. The second kappa shape index (κ2) is 6.64. The number of hydrogen-bond donors (Lipinski definition) is 0. The molecule has 0 aliphatic heterocycles. The van der Waals surface area contributed by atoms with Crippen molar-refractivity contribution in [3.8, 4) is 11.1 Å². The van der Waals surface area contributed by atoms with Gasteiger partial charge in [0.15, 0.2) is 0 Å². The highest BCUT2D eigenvalue weighted by atomic mass is 15.0. The molecule has 0 fully saturated rings. The number of aromatic nitrogens is 1. The first-order valence-electron chi connectivity index (χ1n) is 9.73. The molecule has 0 saturated carbocycles. The summed E-state index contributed by atoms with van der Waals surface area (Å²) in [6, 6.07) is 25.2. The molecule has 132 valence electrons. The topological polar surface area (TPSA) is 4.93 Å². The van der Waals surface area contributed by atoms with Gasteiger partial charge in [-0.1, -0.05) is 69.3 Å². The summed E-state index contributed by atoms with van der Waals surface area (Å²) >= 11 is 0. The zero-order chi connectivity index (χ0) is 18.3. The van der Waals surface area contributed by atoms with Crippen LogP contribution in [0.1, 0.15) is 51.6 Å². The van der Waals surface area contributed by atoms with E-state index in [0.717, 1.165) is 6.42 Å². The predicted molar refractivity (Wildman–Crippen MR) is 114 cm³/mol. The highest BCUT2D eigenvalue weighted by Gasteiger charge is 2.14. The molecule has 1 heteroatoms. The van der Waals surface area contributed by atoms with Gasteiger partial charge in [-0.05, 0) is 54.2 Å². The Hall–Kier alpha value is -2.54. The molecule has 1 unspecified atom stereocenters. The van der Waals surface area contributed by atoms with Crippen LogP contribution >= 0.6 is 0 Å². The van der Waals surface area contributed by atoms with Gasteiger partial charge in [-0.25, -0.2) is 0 Å². The lowest BCUT2D eigenvalue weighted by atomic mass is 9.96. The molecule has 4 aromatic rings. The first kappa shape index (κ1) is 16.9. The quantitative estimate of drug-likeness (QED) is 0.361. The van der Waals surface area contributed by atoms with Gasteiger partial charge in [0.2, 0.25) is 0 Å². The van der Waals surface area contributed by atoms with Crippen molar-refractivity contribution in [3.05, 3.63) is 72.3 Å². The molecule has 0 aliphatic rings. The Morgan fingerprint density at radius 2 is 1.46 bits per heavy atom. The Kier molecular flexibility index (Phi) is 4.32. The Morgan fingerprint density at radius 1 is 0.731 bits per heavy atom. The molecule has 4 rings (SSSR count). The number of benzene rings is 3. The van der Waals surface area contributed by atoms with E-state index in [1.54, 1.807) is 0 Å². The van der Waals surface area contributed by atoms with Gasteiger partial charge < -0.3 is 4.57 Å². The summed E-state index contributed by atoms with van der Waals surface area (Å²) in [5, 5.41) is 2.71. The van der Waals surface area contributed by atoms with Crippen LogP contribution in [0, 0.1) is 0 Å². The SMILES string of the molecule is CCC(C)n1c2ccccc2c2cc(-c3cccc(C(C)C)c3)ccc21. The summed E-state index contributed by atoms with van der Waals surface area (Å²) in [6.45, 7) is 9.08. The van der Waals surface area contributed by atoms with Crippen LogP contribution in [-0.4, -0.2) is 4.57 Å². The lowest BCUT2D eigenvalue weighted by Gasteiger charge is -2.15. The predicted octanol–water partition coefficient (Wildman–Crippen LogP) is 7.56. The molecule has 0 N–H and O–H groups in total. The number of para-hydroxylation sites is 1. The van der Waals surface area contributed by atoms with Crippen LogP contribution in [0.3, 0.4) is 0 Å². The fraction of sp³-hybridized carbons (Fsp3) is 0.280. The molecule has 1 nitrogen and oxygen atoms in total. The zero-order valence-corrected chi connectivity index (χ0v) is 16.2. The minimum absolute atomic E-state index is 0.493. The third-order valence-corrected chi connectivity index (χ3v) is 5.63. The van der Waals surface area contributed by atoms with E-state index in [2.05, 4.69) is 99.0 Å². The molecule has 0 bridgehead atoms. The van der Waals surface area contributed by atoms with Crippen molar-refractivity contribution in [2.24, 2.45) is 0 Å². The Balaban J connectivity index is 1.96. The molecule has 0 saturated heterocycles. The molecule has 3 aromatic carbocycles.